The molecular weight excluding hydrogens is 380 g/mol. The molecule has 2 rings (SSSR count). The molecule has 116 valence electrons. The summed E-state index contributed by atoms with van der Waals surface area (Å²) in [5.74, 6) is -0.635. The summed E-state index contributed by atoms with van der Waals surface area (Å²) in [5.41, 5.74) is -0.0356. The first kappa shape index (κ1) is 16.4. The van der Waals surface area contributed by atoms with E-state index < -0.39 is 25.8 Å². The number of rotatable bonds is 5. The maximum absolute atomic E-state index is 11.9. The molecule has 0 saturated heterocycles. The van der Waals surface area contributed by atoms with E-state index in [1.165, 1.54) is 11.4 Å². The van der Waals surface area contributed by atoms with Crippen molar-refractivity contribution in [2.45, 2.75) is 4.21 Å². The van der Waals surface area contributed by atoms with Crippen LogP contribution in [0, 0.1) is 0 Å². The monoisotopic (exact) mass is 388 g/mol. The quantitative estimate of drug-likeness (QED) is 0.727. The lowest BCUT2D eigenvalue weighted by atomic mass is 10.5. The number of sulfone groups is 1. The summed E-state index contributed by atoms with van der Waals surface area (Å²) in [5, 5.41) is 12.6. The third-order valence-corrected chi connectivity index (χ3v) is 7.15. The number of thiophene rings is 2. The Morgan fingerprint density at radius 3 is 2.24 bits per heavy atom. The van der Waals surface area contributed by atoms with E-state index in [0.717, 1.165) is 28.9 Å². The summed E-state index contributed by atoms with van der Waals surface area (Å²) in [6.07, 6.45) is 0.917. The molecule has 0 spiro atoms. The van der Waals surface area contributed by atoms with E-state index in [2.05, 4.69) is 4.72 Å². The van der Waals surface area contributed by atoms with Crippen LogP contribution in [0.15, 0.2) is 21.0 Å². The molecular formula is C9H9ClN2O5S4. The van der Waals surface area contributed by atoms with Crippen molar-refractivity contribution in [1.82, 2.24) is 0 Å². The Morgan fingerprint density at radius 1 is 1.14 bits per heavy atom. The molecule has 0 fully saturated rings. The molecule has 0 aromatic carbocycles. The molecule has 0 aliphatic rings. The van der Waals surface area contributed by atoms with Crippen molar-refractivity contribution in [3.63, 3.8) is 0 Å². The normalized spacial score (nSPS) is 12.3. The minimum Gasteiger partial charge on any atom is -0.504 e. The molecule has 2 aromatic heterocycles. The van der Waals surface area contributed by atoms with Gasteiger partial charge >= 0.3 is 10.2 Å². The van der Waals surface area contributed by atoms with Gasteiger partial charge in [-0.2, -0.15) is 8.42 Å². The average Bonchev–Trinajstić information content (AvgIpc) is 2.86. The summed E-state index contributed by atoms with van der Waals surface area (Å²) in [6.45, 7) is 0. The van der Waals surface area contributed by atoms with Crippen molar-refractivity contribution in [3.05, 3.63) is 21.2 Å². The molecule has 0 saturated carbocycles. The lowest BCUT2D eigenvalue weighted by Gasteiger charge is -2.08. The first-order valence-corrected chi connectivity index (χ1v) is 10.7. The molecule has 0 bridgehead atoms. The second kappa shape index (κ2) is 5.65. The zero-order valence-corrected chi connectivity index (χ0v) is 14.3. The van der Waals surface area contributed by atoms with E-state index >= 15 is 0 Å². The largest absolute Gasteiger partial charge is 0.504 e. The molecule has 2 heterocycles. The molecule has 3 N–H and O–H groups in total. The predicted octanol–water partition coefficient (Wildman–Crippen LogP) is 2.34. The number of anilines is 2. The molecule has 0 amide bonds. The number of nitrogens with one attached hydrogen (secondary N) is 2. The van der Waals surface area contributed by atoms with Crippen molar-refractivity contribution in [3.8, 4) is 5.75 Å². The number of hydrogen-bond acceptors (Lipinski definition) is 7. The van der Waals surface area contributed by atoms with Crippen LogP contribution in [0.2, 0.25) is 4.34 Å². The Kier molecular flexibility index (Phi) is 4.40. The first-order chi connectivity index (χ1) is 9.60. The van der Waals surface area contributed by atoms with Crippen molar-refractivity contribution in [2.75, 3.05) is 15.7 Å². The Hall–Kier alpha value is -1.01. The zero-order chi connectivity index (χ0) is 15.8. The standard InChI is InChI=1S/C9H9ClN2O5S4/c1-20(14,15)9-7(13)6(4-19-9)12-21(16,17)11-5-2-3-18-8(5)10/h2-4,11-13H,1H3. The van der Waals surface area contributed by atoms with Gasteiger partial charge in [0.15, 0.2) is 19.8 Å². The van der Waals surface area contributed by atoms with Crippen LogP contribution >= 0.6 is 34.3 Å². The molecule has 21 heavy (non-hydrogen) atoms. The van der Waals surface area contributed by atoms with Gasteiger partial charge in [0.25, 0.3) is 0 Å². The van der Waals surface area contributed by atoms with Crippen LogP contribution in [0.5, 0.6) is 5.75 Å². The van der Waals surface area contributed by atoms with E-state index in [1.807, 2.05) is 4.72 Å². The van der Waals surface area contributed by atoms with Crippen LogP contribution in [-0.4, -0.2) is 28.2 Å². The highest BCUT2D eigenvalue weighted by Gasteiger charge is 2.22. The summed E-state index contributed by atoms with van der Waals surface area (Å²) in [7, 11) is -7.69. The second-order valence-corrected chi connectivity index (χ2v) is 9.90. The highest BCUT2D eigenvalue weighted by Crippen LogP contribution is 2.38. The topological polar surface area (TPSA) is 113 Å². The zero-order valence-electron chi connectivity index (χ0n) is 10.3. The Morgan fingerprint density at radius 2 is 1.76 bits per heavy atom. The van der Waals surface area contributed by atoms with Crippen molar-refractivity contribution < 1.29 is 21.9 Å². The minimum absolute atomic E-state index is 0.187. The Labute approximate surface area is 134 Å². The van der Waals surface area contributed by atoms with Gasteiger partial charge in [-0.1, -0.05) is 11.6 Å². The van der Waals surface area contributed by atoms with Gasteiger partial charge in [0, 0.05) is 11.6 Å². The van der Waals surface area contributed by atoms with Gasteiger partial charge in [0.1, 0.15) is 10.0 Å². The van der Waals surface area contributed by atoms with Gasteiger partial charge in [-0.3, -0.25) is 9.44 Å². The molecule has 0 radical (unpaired) electrons. The van der Waals surface area contributed by atoms with Gasteiger partial charge < -0.3 is 5.11 Å². The maximum atomic E-state index is 11.9. The van der Waals surface area contributed by atoms with E-state index in [4.69, 9.17) is 11.6 Å². The Bertz CT molecular complexity index is 868. The second-order valence-electron chi connectivity index (χ2n) is 3.87. The molecule has 0 atom stereocenters. The summed E-state index contributed by atoms with van der Waals surface area (Å²) in [6, 6.07) is 1.47. The van der Waals surface area contributed by atoms with Gasteiger partial charge in [-0.15, -0.1) is 22.7 Å². The van der Waals surface area contributed by atoms with Crippen LogP contribution in [0.25, 0.3) is 0 Å². The molecule has 2 aromatic rings. The number of halogens is 1. The molecule has 12 heteroatoms. The lowest BCUT2D eigenvalue weighted by Crippen LogP contribution is -2.21. The molecule has 0 aliphatic carbocycles. The smallest absolute Gasteiger partial charge is 0.321 e. The summed E-state index contributed by atoms with van der Waals surface area (Å²) in [4.78, 5) is 0. The average molecular weight is 389 g/mol. The lowest BCUT2D eigenvalue weighted by molar-refractivity contribution is 0.466. The van der Waals surface area contributed by atoms with E-state index in [1.54, 1.807) is 5.38 Å². The fourth-order valence-corrected chi connectivity index (χ4v) is 5.26. The fraction of sp³-hybridized carbons (Fsp3) is 0.111. The Balaban J connectivity index is 2.26. The van der Waals surface area contributed by atoms with Crippen molar-refractivity contribution in [1.29, 1.82) is 0 Å². The number of aromatic hydroxyl groups is 1. The van der Waals surface area contributed by atoms with E-state index in [9.17, 15) is 21.9 Å². The van der Waals surface area contributed by atoms with Gasteiger partial charge in [0.2, 0.25) is 0 Å². The van der Waals surface area contributed by atoms with Gasteiger partial charge in [-0.05, 0) is 11.4 Å². The molecule has 0 aliphatic heterocycles. The first-order valence-electron chi connectivity index (χ1n) is 5.14. The van der Waals surface area contributed by atoms with Crippen LogP contribution in [0.4, 0.5) is 11.4 Å². The van der Waals surface area contributed by atoms with Gasteiger partial charge in [-0.25, -0.2) is 8.42 Å². The van der Waals surface area contributed by atoms with Crippen molar-refractivity contribution >= 4 is 65.7 Å². The van der Waals surface area contributed by atoms with Crippen molar-refractivity contribution in [2.24, 2.45) is 0 Å². The van der Waals surface area contributed by atoms with Crippen LogP contribution in [-0.2, 0) is 20.0 Å². The van der Waals surface area contributed by atoms with Gasteiger partial charge in [0.05, 0.1) is 5.69 Å². The summed E-state index contributed by atoms with van der Waals surface area (Å²) < 4.78 is 50.7. The molecule has 0 unspecified atom stereocenters. The number of hydrogen-bond donors (Lipinski definition) is 3. The van der Waals surface area contributed by atoms with Crippen LogP contribution < -0.4 is 9.44 Å². The minimum atomic E-state index is -4.06. The van der Waals surface area contributed by atoms with Crippen LogP contribution in [0.1, 0.15) is 0 Å². The SMILES string of the molecule is CS(=O)(=O)c1scc(NS(=O)(=O)Nc2ccsc2Cl)c1O. The highest BCUT2D eigenvalue weighted by molar-refractivity contribution is 7.94. The highest BCUT2D eigenvalue weighted by atomic mass is 35.5. The van der Waals surface area contributed by atoms with Crippen LogP contribution in [0.3, 0.4) is 0 Å². The fourth-order valence-electron chi connectivity index (χ4n) is 1.35. The third kappa shape index (κ3) is 3.80. The molecule has 7 nitrogen and oxygen atoms in total. The summed E-state index contributed by atoms with van der Waals surface area (Å²) >= 11 is 7.65. The van der Waals surface area contributed by atoms with E-state index in [0.29, 0.717) is 0 Å². The van der Waals surface area contributed by atoms with E-state index in [-0.39, 0.29) is 19.9 Å². The maximum Gasteiger partial charge on any atom is 0.321 e. The third-order valence-electron chi connectivity index (χ3n) is 2.18. The predicted molar refractivity (Wildman–Crippen MR) is 84.6 cm³/mol.